The Hall–Kier alpha value is -4.33. The van der Waals surface area contributed by atoms with E-state index in [1.54, 1.807) is 57.5 Å². The Bertz CT molecular complexity index is 1460. The number of carbonyl (C=O) groups excluding carboxylic acids is 1. The zero-order valence-corrected chi connectivity index (χ0v) is 23.6. The van der Waals surface area contributed by atoms with Crippen molar-refractivity contribution in [3.05, 3.63) is 82.5 Å². The molecule has 1 unspecified atom stereocenters. The minimum absolute atomic E-state index is 0.102. The van der Waals surface area contributed by atoms with Crippen molar-refractivity contribution in [3.63, 3.8) is 0 Å². The van der Waals surface area contributed by atoms with Crippen molar-refractivity contribution in [1.82, 2.24) is 9.55 Å². The Morgan fingerprint density at radius 2 is 1.67 bits per heavy atom. The molecule has 39 heavy (non-hydrogen) atoms. The Balaban J connectivity index is 0.00000205. The molecule has 0 aliphatic heterocycles. The van der Waals surface area contributed by atoms with Crippen LogP contribution in [-0.2, 0) is 11.3 Å². The number of hydrogen-bond donors (Lipinski definition) is 1. The van der Waals surface area contributed by atoms with E-state index in [1.807, 2.05) is 50.5 Å². The number of carboxylic acids is 1. The molecule has 206 valence electrons. The third kappa shape index (κ3) is 6.22. The summed E-state index contributed by atoms with van der Waals surface area (Å²) in [6, 6.07) is 16.3. The summed E-state index contributed by atoms with van der Waals surface area (Å²) in [6.45, 7) is 10.0. The van der Waals surface area contributed by atoms with Crippen LogP contribution in [0.1, 0.15) is 59.9 Å². The van der Waals surface area contributed by atoms with Crippen LogP contribution < -0.4 is 14.2 Å². The Kier molecular flexibility index (Phi) is 9.71. The van der Waals surface area contributed by atoms with Crippen molar-refractivity contribution in [2.24, 2.45) is 0 Å². The number of rotatable bonds is 10. The SMILES string of the molecule is CC.CCC(Oc1ccc(Cn2c(C)c(C(=O)c3ccc(OC)cc3)c3ccc(OC)nc32)cc1C)C(=O)O. The van der Waals surface area contributed by atoms with Crippen LogP contribution in [0, 0.1) is 13.8 Å². The molecule has 4 rings (SSSR count). The van der Waals surface area contributed by atoms with E-state index in [0.717, 1.165) is 22.2 Å². The first kappa shape index (κ1) is 29.2. The number of fused-ring (bicyclic) bond motifs is 1. The number of hydrogen-bond acceptors (Lipinski definition) is 6. The Morgan fingerprint density at radius 3 is 2.23 bits per heavy atom. The molecular weight excluding hydrogens is 496 g/mol. The van der Waals surface area contributed by atoms with Crippen molar-refractivity contribution < 1.29 is 28.9 Å². The van der Waals surface area contributed by atoms with E-state index in [4.69, 9.17) is 14.2 Å². The van der Waals surface area contributed by atoms with Gasteiger partial charge in [-0.05, 0) is 67.8 Å². The smallest absolute Gasteiger partial charge is 0.344 e. The summed E-state index contributed by atoms with van der Waals surface area (Å²) in [4.78, 5) is 29.7. The highest BCUT2D eigenvalue weighted by Gasteiger charge is 2.23. The predicted octanol–water partition coefficient (Wildman–Crippen LogP) is 6.22. The highest BCUT2D eigenvalue weighted by atomic mass is 16.5. The van der Waals surface area contributed by atoms with Gasteiger partial charge < -0.3 is 23.9 Å². The zero-order chi connectivity index (χ0) is 28.7. The summed E-state index contributed by atoms with van der Waals surface area (Å²) in [5, 5.41) is 10.1. The molecule has 8 nitrogen and oxygen atoms in total. The van der Waals surface area contributed by atoms with Gasteiger partial charge in [-0.2, -0.15) is 4.98 Å². The van der Waals surface area contributed by atoms with Gasteiger partial charge in [-0.15, -0.1) is 0 Å². The predicted molar refractivity (Wildman–Crippen MR) is 151 cm³/mol. The molecule has 0 fully saturated rings. The van der Waals surface area contributed by atoms with Crippen LogP contribution in [0.2, 0.25) is 0 Å². The van der Waals surface area contributed by atoms with Crippen LogP contribution in [-0.4, -0.2) is 46.7 Å². The molecule has 8 heteroatoms. The molecule has 4 aromatic rings. The maximum absolute atomic E-state index is 13.6. The lowest BCUT2D eigenvalue weighted by Crippen LogP contribution is -2.26. The Labute approximate surface area is 229 Å². The monoisotopic (exact) mass is 532 g/mol. The molecular formula is C31H36N2O6. The number of benzene rings is 2. The maximum atomic E-state index is 13.6. The minimum atomic E-state index is -0.991. The van der Waals surface area contributed by atoms with Crippen LogP contribution in [0.4, 0.5) is 0 Å². The lowest BCUT2D eigenvalue weighted by atomic mass is 10.0. The van der Waals surface area contributed by atoms with E-state index in [1.165, 1.54) is 0 Å². The van der Waals surface area contributed by atoms with Gasteiger partial charge in [0, 0.05) is 29.3 Å². The van der Waals surface area contributed by atoms with Gasteiger partial charge in [-0.3, -0.25) is 4.79 Å². The molecule has 2 aromatic carbocycles. The highest BCUT2D eigenvalue weighted by Crippen LogP contribution is 2.31. The van der Waals surface area contributed by atoms with Gasteiger partial charge in [0.15, 0.2) is 11.9 Å². The second kappa shape index (κ2) is 13.0. The second-order valence-electron chi connectivity index (χ2n) is 8.78. The fourth-order valence-electron chi connectivity index (χ4n) is 4.39. The van der Waals surface area contributed by atoms with Crippen LogP contribution >= 0.6 is 0 Å². The van der Waals surface area contributed by atoms with Gasteiger partial charge in [-0.25, -0.2) is 4.79 Å². The fourth-order valence-corrected chi connectivity index (χ4v) is 4.39. The van der Waals surface area contributed by atoms with Gasteiger partial charge in [0.2, 0.25) is 5.88 Å². The van der Waals surface area contributed by atoms with E-state index in [-0.39, 0.29) is 5.78 Å². The van der Waals surface area contributed by atoms with Crippen LogP contribution in [0.5, 0.6) is 17.4 Å². The van der Waals surface area contributed by atoms with Crippen molar-refractivity contribution in [1.29, 1.82) is 0 Å². The van der Waals surface area contributed by atoms with E-state index in [0.29, 0.717) is 47.1 Å². The van der Waals surface area contributed by atoms with Gasteiger partial charge in [-0.1, -0.05) is 32.9 Å². The average Bonchev–Trinajstić information content (AvgIpc) is 3.23. The first-order valence-electron chi connectivity index (χ1n) is 13.0. The molecule has 0 saturated carbocycles. The third-order valence-corrected chi connectivity index (χ3v) is 6.43. The van der Waals surface area contributed by atoms with Crippen LogP contribution in [0.3, 0.4) is 0 Å². The largest absolute Gasteiger partial charge is 0.497 e. The van der Waals surface area contributed by atoms with Gasteiger partial charge >= 0.3 is 5.97 Å². The lowest BCUT2D eigenvalue weighted by Gasteiger charge is -2.16. The number of pyridine rings is 1. The molecule has 2 heterocycles. The molecule has 2 aromatic heterocycles. The molecule has 1 N–H and O–H groups in total. The van der Waals surface area contributed by atoms with E-state index in [2.05, 4.69) is 4.98 Å². The molecule has 0 aliphatic rings. The van der Waals surface area contributed by atoms with Crippen molar-refractivity contribution >= 4 is 22.8 Å². The highest BCUT2D eigenvalue weighted by molar-refractivity contribution is 6.17. The molecule has 0 amide bonds. The minimum Gasteiger partial charge on any atom is -0.497 e. The number of methoxy groups -OCH3 is 2. The van der Waals surface area contributed by atoms with Gasteiger partial charge in [0.05, 0.1) is 19.8 Å². The number of aliphatic carboxylic acids is 1. The number of carboxylic acid groups (broad SMARTS) is 1. The standard InChI is InChI=1S/C29H30N2O6.C2H6/c1-6-23(29(33)34)37-24-13-7-19(15-17(24)2)16-31-18(3)26(22-12-14-25(36-5)30-28(22)31)27(32)20-8-10-21(35-4)11-9-20;1-2/h7-15,23H,6,16H2,1-5H3,(H,33,34);1-2H3. The number of aromatic nitrogens is 2. The summed E-state index contributed by atoms with van der Waals surface area (Å²) in [5.74, 6) is 0.569. The van der Waals surface area contributed by atoms with E-state index < -0.39 is 12.1 Å². The summed E-state index contributed by atoms with van der Waals surface area (Å²) < 4.78 is 18.3. The summed E-state index contributed by atoms with van der Waals surface area (Å²) in [6.07, 6.45) is -0.535. The maximum Gasteiger partial charge on any atom is 0.344 e. The normalized spacial score (nSPS) is 11.4. The molecule has 1 atom stereocenters. The van der Waals surface area contributed by atoms with Crippen molar-refractivity contribution in [2.75, 3.05) is 14.2 Å². The number of carbonyl (C=O) groups is 2. The quantitative estimate of drug-likeness (QED) is 0.242. The molecule has 0 radical (unpaired) electrons. The number of aryl methyl sites for hydroxylation is 1. The fraction of sp³-hybridized carbons (Fsp3) is 0.323. The first-order valence-corrected chi connectivity index (χ1v) is 13.0. The van der Waals surface area contributed by atoms with Crippen LogP contribution in [0.15, 0.2) is 54.6 Å². The second-order valence-corrected chi connectivity index (χ2v) is 8.78. The summed E-state index contributed by atoms with van der Waals surface area (Å²) in [7, 11) is 3.14. The number of ether oxygens (including phenoxy) is 3. The first-order chi connectivity index (χ1) is 18.8. The number of nitrogens with zero attached hydrogens (tertiary/aromatic N) is 2. The topological polar surface area (TPSA) is 99.9 Å². The zero-order valence-electron chi connectivity index (χ0n) is 23.6. The third-order valence-electron chi connectivity index (χ3n) is 6.43. The van der Waals surface area contributed by atoms with Crippen LogP contribution in [0.25, 0.3) is 11.0 Å². The van der Waals surface area contributed by atoms with Crippen molar-refractivity contribution in [3.8, 4) is 17.4 Å². The Morgan fingerprint density at radius 1 is 0.974 bits per heavy atom. The summed E-state index contributed by atoms with van der Waals surface area (Å²) in [5.41, 5.74) is 4.35. The average molecular weight is 533 g/mol. The molecule has 0 spiro atoms. The van der Waals surface area contributed by atoms with Gasteiger partial charge in [0.25, 0.3) is 0 Å². The number of ketones is 1. The molecule has 0 saturated heterocycles. The lowest BCUT2D eigenvalue weighted by molar-refractivity contribution is -0.145. The van der Waals surface area contributed by atoms with E-state index >= 15 is 0 Å². The molecule has 0 bridgehead atoms. The van der Waals surface area contributed by atoms with Gasteiger partial charge in [0.1, 0.15) is 17.1 Å². The molecule has 0 aliphatic carbocycles. The van der Waals surface area contributed by atoms with E-state index in [9.17, 15) is 14.7 Å². The summed E-state index contributed by atoms with van der Waals surface area (Å²) >= 11 is 0. The van der Waals surface area contributed by atoms with Crippen molar-refractivity contribution in [2.45, 2.75) is 53.7 Å².